The maximum atomic E-state index is 5.61. The molecule has 1 fully saturated rings. The molecule has 1 aliphatic heterocycles. The van der Waals surface area contributed by atoms with Crippen LogP contribution in [0.15, 0.2) is 18.3 Å². The van der Waals surface area contributed by atoms with Crippen molar-refractivity contribution in [2.75, 3.05) is 24.5 Å². The predicted molar refractivity (Wildman–Crippen MR) is 78.4 cm³/mol. The number of anilines is 1. The summed E-state index contributed by atoms with van der Waals surface area (Å²) in [7, 11) is 0. The lowest BCUT2D eigenvalue weighted by molar-refractivity contribution is 0.390. The Balaban J connectivity index is 1.94. The molecule has 0 spiro atoms. The smallest absolute Gasteiger partial charge is 0.0953 e. The quantitative estimate of drug-likeness (QED) is 0.913. The van der Waals surface area contributed by atoms with E-state index in [4.69, 9.17) is 5.73 Å². The van der Waals surface area contributed by atoms with E-state index in [1.807, 2.05) is 6.20 Å². The zero-order valence-corrected chi connectivity index (χ0v) is 11.6. The van der Waals surface area contributed by atoms with E-state index in [9.17, 15) is 0 Å². The van der Waals surface area contributed by atoms with Crippen molar-refractivity contribution in [3.8, 4) is 0 Å². The lowest BCUT2D eigenvalue weighted by Gasteiger charge is -2.41. The van der Waals surface area contributed by atoms with E-state index in [1.165, 1.54) is 22.2 Å². The Morgan fingerprint density at radius 2 is 2.00 bits per heavy atom. The summed E-state index contributed by atoms with van der Waals surface area (Å²) in [6.07, 6.45) is 3.00. The lowest BCUT2D eigenvalue weighted by Crippen LogP contribution is -2.47. The lowest BCUT2D eigenvalue weighted by atomic mass is 9.95. The minimum atomic E-state index is 0.736. The van der Waals surface area contributed by atoms with E-state index >= 15 is 0 Å². The Hall–Kier alpha value is -1.68. The van der Waals surface area contributed by atoms with Gasteiger partial charge in [0.15, 0.2) is 0 Å². The number of rotatable bonds is 3. The first-order valence-electron chi connectivity index (χ1n) is 6.86. The largest absolute Gasteiger partial charge is 0.369 e. The van der Waals surface area contributed by atoms with Crippen LogP contribution in [-0.2, 0) is 0 Å². The van der Waals surface area contributed by atoms with Gasteiger partial charge in [0.1, 0.15) is 0 Å². The van der Waals surface area contributed by atoms with Crippen LogP contribution in [0, 0.1) is 19.8 Å². The standard InChI is InChI=1S/C15H20N4/c1-10-5-13-14(6-11(10)2)18-17-7-15(13)19-8-12(9-19)3-4-16/h5-7,12H,3-4,8-9,16H2,1-2H3. The van der Waals surface area contributed by atoms with Crippen LogP contribution in [0.3, 0.4) is 0 Å². The number of aromatic nitrogens is 2. The molecule has 0 saturated carbocycles. The third-order valence-electron chi connectivity index (χ3n) is 4.11. The van der Waals surface area contributed by atoms with Gasteiger partial charge in [-0.2, -0.15) is 10.2 Å². The van der Waals surface area contributed by atoms with Gasteiger partial charge in [-0.05, 0) is 56.0 Å². The van der Waals surface area contributed by atoms with Gasteiger partial charge in [0.2, 0.25) is 0 Å². The van der Waals surface area contributed by atoms with Gasteiger partial charge in [-0.25, -0.2) is 0 Å². The molecule has 2 heterocycles. The van der Waals surface area contributed by atoms with Gasteiger partial charge < -0.3 is 10.6 Å². The molecule has 100 valence electrons. The summed E-state index contributed by atoms with van der Waals surface area (Å²) < 4.78 is 0. The Morgan fingerprint density at radius 1 is 1.26 bits per heavy atom. The highest BCUT2D eigenvalue weighted by Crippen LogP contribution is 2.32. The number of nitrogens with two attached hydrogens (primary N) is 1. The van der Waals surface area contributed by atoms with Crippen LogP contribution in [0.5, 0.6) is 0 Å². The molecule has 19 heavy (non-hydrogen) atoms. The second kappa shape index (κ2) is 4.78. The normalized spacial score (nSPS) is 15.8. The van der Waals surface area contributed by atoms with Crippen LogP contribution in [0.2, 0.25) is 0 Å². The third kappa shape index (κ3) is 2.16. The number of aryl methyl sites for hydroxylation is 2. The molecule has 1 saturated heterocycles. The predicted octanol–water partition coefficient (Wildman–Crippen LogP) is 2.03. The van der Waals surface area contributed by atoms with Crippen molar-refractivity contribution in [3.05, 3.63) is 29.5 Å². The molecule has 3 rings (SSSR count). The van der Waals surface area contributed by atoms with Gasteiger partial charge in [0, 0.05) is 18.5 Å². The fraction of sp³-hybridized carbons (Fsp3) is 0.467. The van der Waals surface area contributed by atoms with Gasteiger partial charge in [-0.1, -0.05) is 0 Å². The molecular weight excluding hydrogens is 236 g/mol. The summed E-state index contributed by atoms with van der Waals surface area (Å²) in [5, 5.41) is 9.60. The monoisotopic (exact) mass is 256 g/mol. The highest BCUT2D eigenvalue weighted by Gasteiger charge is 2.27. The molecule has 0 atom stereocenters. The van der Waals surface area contributed by atoms with Gasteiger partial charge >= 0.3 is 0 Å². The molecule has 0 unspecified atom stereocenters. The van der Waals surface area contributed by atoms with Crippen LogP contribution in [0.1, 0.15) is 17.5 Å². The van der Waals surface area contributed by atoms with Crippen molar-refractivity contribution in [2.45, 2.75) is 20.3 Å². The van der Waals surface area contributed by atoms with Gasteiger partial charge in [0.05, 0.1) is 17.4 Å². The average Bonchev–Trinajstić information content (AvgIpc) is 2.34. The molecule has 2 aromatic rings. The van der Waals surface area contributed by atoms with Crippen LogP contribution in [0.4, 0.5) is 5.69 Å². The van der Waals surface area contributed by atoms with Crippen molar-refractivity contribution in [2.24, 2.45) is 11.7 Å². The number of fused-ring (bicyclic) bond motifs is 1. The second-order valence-electron chi connectivity index (χ2n) is 5.53. The van der Waals surface area contributed by atoms with E-state index in [-0.39, 0.29) is 0 Å². The van der Waals surface area contributed by atoms with Gasteiger partial charge in [-0.3, -0.25) is 0 Å². The fourth-order valence-corrected chi connectivity index (χ4v) is 2.74. The van der Waals surface area contributed by atoms with E-state index in [2.05, 4.69) is 41.1 Å². The van der Waals surface area contributed by atoms with E-state index in [1.54, 1.807) is 0 Å². The number of hydrogen-bond acceptors (Lipinski definition) is 4. The number of hydrogen-bond donors (Lipinski definition) is 1. The molecule has 0 radical (unpaired) electrons. The Bertz CT molecular complexity index is 602. The molecule has 1 aromatic heterocycles. The van der Waals surface area contributed by atoms with Gasteiger partial charge in [-0.15, -0.1) is 0 Å². The van der Waals surface area contributed by atoms with Crippen molar-refractivity contribution >= 4 is 16.6 Å². The molecular formula is C15H20N4. The van der Waals surface area contributed by atoms with E-state index in [0.717, 1.165) is 37.5 Å². The molecule has 4 nitrogen and oxygen atoms in total. The zero-order chi connectivity index (χ0) is 13.4. The van der Waals surface area contributed by atoms with Crippen molar-refractivity contribution in [3.63, 3.8) is 0 Å². The number of nitrogens with zero attached hydrogens (tertiary/aromatic N) is 3. The topological polar surface area (TPSA) is 55.0 Å². The molecule has 2 N–H and O–H groups in total. The summed E-state index contributed by atoms with van der Waals surface area (Å²) in [5.74, 6) is 0.736. The van der Waals surface area contributed by atoms with E-state index < -0.39 is 0 Å². The average molecular weight is 256 g/mol. The highest BCUT2D eigenvalue weighted by atomic mass is 15.2. The number of benzene rings is 1. The first-order valence-corrected chi connectivity index (χ1v) is 6.86. The summed E-state index contributed by atoms with van der Waals surface area (Å²) in [6.45, 7) is 7.22. The minimum Gasteiger partial charge on any atom is -0.369 e. The van der Waals surface area contributed by atoms with Crippen molar-refractivity contribution in [1.29, 1.82) is 0 Å². The third-order valence-corrected chi connectivity index (χ3v) is 4.11. The molecule has 0 aliphatic carbocycles. The second-order valence-corrected chi connectivity index (χ2v) is 5.53. The van der Waals surface area contributed by atoms with Crippen molar-refractivity contribution < 1.29 is 0 Å². The fourth-order valence-electron chi connectivity index (χ4n) is 2.74. The Labute approximate surface area is 113 Å². The van der Waals surface area contributed by atoms with Crippen LogP contribution in [-0.4, -0.2) is 29.8 Å². The summed E-state index contributed by atoms with van der Waals surface area (Å²) in [6, 6.07) is 4.35. The van der Waals surface area contributed by atoms with E-state index in [0.29, 0.717) is 0 Å². The maximum Gasteiger partial charge on any atom is 0.0953 e. The van der Waals surface area contributed by atoms with Crippen LogP contribution < -0.4 is 10.6 Å². The molecule has 1 aromatic carbocycles. The zero-order valence-electron chi connectivity index (χ0n) is 11.6. The van der Waals surface area contributed by atoms with Gasteiger partial charge in [0.25, 0.3) is 0 Å². The van der Waals surface area contributed by atoms with Crippen LogP contribution >= 0.6 is 0 Å². The minimum absolute atomic E-state index is 0.736. The summed E-state index contributed by atoms with van der Waals surface area (Å²) >= 11 is 0. The molecule has 0 amide bonds. The molecule has 4 heteroatoms. The maximum absolute atomic E-state index is 5.61. The Kier molecular flexibility index (Phi) is 3.11. The molecule has 1 aliphatic rings. The van der Waals surface area contributed by atoms with Crippen LogP contribution in [0.25, 0.3) is 10.9 Å². The first-order chi connectivity index (χ1) is 9.19. The summed E-state index contributed by atoms with van der Waals surface area (Å²) in [4.78, 5) is 2.38. The highest BCUT2D eigenvalue weighted by molar-refractivity contribution is 5.92. The first kappa shape index (κ1) is 12.4. The summed E-state index contributed by atoms with van der Waals surface area (Å²) in [5.41, 5.74) is 10.4. The molecule has 0 bridgehead atoms. The Morgan fingerprint density at radius 3 is 2.74 bits per heavy atom. The SMILES string of the molecule is Cc1cc2nncc(N3CC(CCN)C3)c2cc1C. The van der Waals surface area contributed by atoms with Crippen molar-refractivity contribution in [1.82, 2.24) is 10.2 Å².